The van der Waals surface area contributed by atoms with E-state index in [9.17, 15) is 9.18 Å². The van der Waals surface area contributed by atoms with Gasteiger partial charge >= 0.3 is 0 Å². The maximum atomic E-state index is 12.9. The molecule has 2 aromatic carbocycles. The molecule has 2 heterocycles. The van der Waals surface area contributed by atoms with Crippen LogP contribution < -0.4 is 4.90 Å². The molecule has 0 bridgehead atoms. The van der Waals surface area contributed by atoms with Gasteiger partial charge in [0.25, 0.3) is 0 Å². The van der Waals surface area contributed by atoms with Gasteiger partial charge in [0, 0.05) is 47.7 Å². The number of rotatable bonds is 5. The monoisotopic (exact) mass is 479 g/mol. The molecule has 0 N–H and O–H groups in total. The van der Waals surface area contributed by atoms with Crippen molar-refractivity contribution in [3.63, 3.8) is 0 Å². The average Bonchev–Trinajstić information content (AvgIpc) is 3.12. The van der Waals surface area contributed by atoms with Gasteiger partial charge in [0.1, 0.15) is 5.82 Å². The van der Waals surface area contributed by atoms with E-state index in [0.717, 1.165) is 46.2 Å². The summed E-state index contributed by atoms with van der Waals surface area (Å²) in [5, 5.41) is 1.02. The molecule has 3 aromatic rings. The third-order valence-corrected chi connectivity index (χ3v) is 7.23. The van der Waals surface area contributed by atoms with E-state index in [0.29, 0.717) is 12.2 Å². The number of hydrogen-bond acceptors (Lipinski definition) is 5. The second kappa shape index (κ2) is 8.80. The lowest BCUT2D eigenvalue weighted by Crippen LogP contribution is -2.48. The Labute approximate surface area is 179 Å². The molecule has 28 heavy (non-hydrogen) atoms. The molecule has 0 atom stereocenters. The third-order valence-electron chi connectivity index (χ3n) is 4.64. The molecule has 1 aliphatic heterocycles. The van der Waals surface area contributed by atoms with Crippen LogP contribution in [0.15, 0.2) is 51.8 Å². The molecule has 1 saturated heterocycles. The number of nitrogens with zero attached hydrogens (tertiary/aromatic N) is 3. The highest BCUT2D eigenvalue weighted by molar-refractivity contribution is 9.10. The molecule has 0 radical (unpaired) electrons. The van der Waals surface area contributed by atoms with E-state index in [1.54, 1.807) is 35.2 Å². The van der Waals surface area contributed by atoms with Crippen LogP contribution >= 0.6 is 39.0 Å². The summed E-state index contributed by atoms with van der Waals surface area (Å²) in [5.41, 5.74) is 1.01. The minimum absolute atomic E-state index is 0.183. The smallest absolute Gasteiger partial charge is 0.223 e. The summed E-state index contributed by atoms with van der Waals surface area (Å²) in [4.78, 5) is 22.4. The molecule has 1 aliphatic rings. The first-order valence-corrected chi connectivity index (χ1v) is 11.7. The zero-order valence-electron chi connectivity index (χ0n) is 15.1. The van der Waals surface area contributed by atoms with Crippen LogP contribution in [0.1, 0.15) is 6.42 Å². The van der Waals surface area contributed by atoms with Crippen LogP contribution in [0.2, 0.25) is 0 Å². The van der Waals surface area contributed by atoms with E-state index in [-0.39, 0.29) is 11.7 Å². The molecule has 0 unspecified atom stereocenters. The van der Waals surface area contributed by atoms with E-state index in [2.05, 4.69) is 26.9 Å². The maximum Gasteiger partial charge on any atom is 0.223 e. The second-order valence-electron chi connectivity index (χ2n) is 6.53. The van der Waals surface area contributed by atoms with Crippen molar-refractivity contribution in [2.45, 2.75) is 11.3 Å². The topological polar surface area (TPSA) is 36.4 Å². The van der Waals surface area contributed by atoms with Crippen molar-refractivity contribution in [3.8, 4) is 0 Å². The summed E-state index contributed by atoms with van der Waals surface area (Å²) in [5.74, 6) is 0.652. The Bertz CT molecular complexity index is 971. The number of anilines is 1. The van der Waals surface area contributed by atoms with Gasteiger partial charge in [-0.15, -0.1) is 11.8 Å². The van der Waals surface area contributed by atoms with Crippen molar-refractivity contribution in [2.24, 2.45) is 0 Å². The van der Waals surface area contributed by atoms with Gasteiger partial charge in [0.15, 0.2) is 5.13 Å². The van der Waals surface area contributed by atoms with Crippen LogP contribution in [0.25, 0.3) is 10.2 Å². The predicted octanol–water partition coefficient (Wildman–Crippen LogP) is 5.03. The number of fused-ring (bicyclic) bond motifs is 1. The van der Waals surface area contributed by atoms with Gasteiger partial charge in [-0.05, 0) is 42.5 Å². The summed E-state index contributed by atoms with van der Waals surface area (Å²) < 4.78 is 15.2. The van der Waals surface area contributed by atoms with Crippen molar-refractivity contribution < 1.29 is 9.18 Å². The van der Waals surface area contributed by atoms with Crippen LogP contribution in [-0.2, 0) is 4.79 Å². The summed E-state index contributed by atoms with van der Waals surface area (Å²) in [6.45, 7) is 3.05. The van der Waals surface area contributed by atoms with Gasteiger partial charge in [0.2, 0.25) is 5.91 Å². The van der Waals surface area contributed by atoms with Crippen molar-refractivity contribution in [1.82, 2.24) is 9.88 Å². The fourth-order valence-corrected chi connectivity index (χ4v) is 5.52. The van der Waals surface area contributed by atoms with E-state index < -0.39 is 0 Å². The standard InChI is InChI=1S/C20H19BrFN3OS2/c21-14-1-6-17-18(13-14)28-20(23-17)25-10-8-24(9-11-25)19(26)7-12-27-16-4-2-15(22)3-5-16/h1-6,13H,7-12H2. The van der Waals surface area contributed by atoms with Crippen molar-refractivity contribution in [3.05, 3.63) is 52.8 Å². The van der Waals surface area contributed by atoms with Crippen molar-refractivity contribution in [2.75, 3.05) is 36.8 Å². The van der Waals surface area contributed by atoms with Crippen LogP contribution in [0.5, 0.6) is 0 Å². The molecule has 8 heteroatoms. The number of aromatic nitrogens is 1. The number of hydrogen-bond donors (Lipinski definition) is 0. The van der Waals surface area contributed by atoms with Gasteiger partial charge in [-0.1, -0.05) is 27.3 Å². The maximum absolute atomic E-state index is 12.9. The average molecular weight is 480 g/mol. The number of amides is 1. The Morgan fingerprint density at radius 3 is 2.64 bits per heavy atom. The number of piperazine rings is 1. The Balaban J connectivity index is 1.27. The summed E-state index contributed by atoms with van der Waals surface area (Å²) >= 11 is 6.78. The van der Waals surface area contributed by atoms with E-state index in [4.69, 9.17) is 4.98 Å². The highest BCUT2D eigenvalue weighted by Gasteiger charge is 2.22. The van der Waals surface area contributed by atoms with Gasteiger partial charge in [-0.2, -0.15) is 0 Å². The molecule has 1 amide bonds. The molecule has 4 nitrogen and oxygen atoms in total. The first kappa shape index (κ1) is 19.7. The normalized spacial score (nSPS) is 14.6. The number of thioether (sulfide) groups is 1. The zero-order valence-corrected chi connectivity index (χ0v) is 18.3. The Morgan fingerprint density at radius 2 is 1.89 bits per heavy atom. The molecule has 1 fully saturated rings. The second-order valence-corrected chi connectivity index (χ2v) is 9.62. The lowest BCUT2D eigenvalue weighted by Gasteiger charge is -2.34. The quantitative estimate of drug-likeness (QED) is 0.480. The van der Waals surface area contributed by atoms with Gasteiger partial charge in [-0.25, -0.2) is 9.37 Å². The highest BCUT2D eigenvalue weighted by Crippen LogP contribution is 2.31. The number of carbonyl (C=O) groups excluding carboxylic acids is 1. The molecule has 0 spiro atoms. The highest BCUT2D eigenvalue weighted by atomic mass is 79.9. The number of benzene rings is 2. The molecule has 146 valence electrons. The van der Waals surface area contributed by atoms with Crippen LogP contribution in [0.4, 0.5) is 9.52 Å². The fraction of sp³-hybridized carbons (Fsp3) is 0.300. The van der Waals surface area contributed by atoms with Crippen molar-refractivity contribution >= 4 is 60.3 Å². The summed E-state index contributed by atoms with van der Waals surface area (Å²) in [6, 6.07) is 12.5. The lowest BCUT2D eigenvalue weighted by molar-refractivity contribution is -0.131. The molecule has 0 aliphatic carbocycles. The minimum atomic E-state index is -0.237. The predicted molar refractivity (Wildman–Crippen MR) is 118 cm³/mol. The fourth-order valence-electron chi connectivity index (χ4n) is 3.11. The first-order valence-electron chi connectivity index (χ1n) is 9.06. The van der Waals surface area contributed by atoms with Crippen LogP contribution in [0.3, 0.4) is 0 Å². The van der Waals surface area contributed by atoms with Gasteiger partial charge in [0.05, 0.1) is 10.2 Å². The first-order chi connectivity index (χ1) is 13.6. The van der Waals surface area contributed by atoms with Gasteiger partial charge < -0.3 is 9.80 Å². The largest absolute Gasteiger partial charge is 0.345 e. The lowest BCUT2D eigenvalue weighted by atomic mass is 10.3. The Morgan fingerprint density at radius 1 is 1.14 bits per heavy atom. The van der Waals surface area contributed by atoms with E-state index in [1.807, 2.05) is 17.0 Å². The summed E-state index contributed by atoms with van der Waals surface area (Å²) in [7, 11) is 0. The van der Waals surface area contributed by atoms with Crippen LogP contribution in [-0.4, -0.2) is 47.7 Å². The van der Waals surface area contributed by atoms with E-state index >= 15 is 0 Å². The van der Waals surface area contributed by atoms with Gasteiger partial charge in [-0.3, -0.25) is 4.79 Å². The molecular weight excluding hydrogens is 461 g/mol. The third kappa shape index (κ3) is 4.67. The SMILES string of the molecule is O=C(CCSc1ccc(F)cc1)N1CCN(c2nc3ccc(Br)cc3s2)CC1. The zero-order chi connectivity index (χ0) is 19.5. The number of thiazole rings is 1. The van der Waals surface area contributed by atoms with Crippen LogP contribution in [0, 0.1) is 5.82 Å². The molecular formula is C20H19BrFN3OS2. The number of halogens is 2. The van der Waals surface area contributed by atoms with Crippen molar-refractivity contribution in [1.29, 1.82) is 0 Å². The molecule has 0 saturated carbocycles. The summed E-state index contributed by atoms with van der Waals surface area (Å²) in [6.07, 6.45) is 0.497. The minimum Gasteiger partial charge on any atom is -0.345 e. The van der Waals surface area contributed by atoms with E-state index in [1.165, 1.54) is 16.8 Å². The molecule has 1 aromatic heterocycles. The Hall–Kier alpha value is -1.64. The number of carbonyl (C=O) groups is 1. The Kier molecular flexibility index (Phi) is 6.18. The molecule has 4 rings (SSSR count).